The summed E-state index contributed by atoms with van der Waals surface area (Å²) in [6.45, 7) is 4.20. The topological polar surface area (TPSA) is 37.8 Å². The van der Waals surface area contributed by atoms with Crippen molar-refractivity contribution < 1.29 is 0 Å². The lowest BCUT2D eigenvalue weighted by Gasteiger charge is -2.11. The van der Waals surface area contributed by atoms with Crippen molar-refractivity contribution >= 4 is 44.7 Å². The Morgan fingerprint density at radius 2 is 2.05 bits per heavy atom. The van der Waals surface area contributed by atoms with Crippen LogP contribution in [0.1, 0.15) is 28.0 Å². The molecule has 0 atom stereocenters. The van der Waals surface area contributed by atoms with Crippen LogP contribution in [0.4, 0.5) is 11.5 Å². The summed E-state index contributed by atoms with van der Waals surface area (Å²) < 4.78 is 0. The summed E-state index contributed by atoms with van der Waals surface area (Å²) in [5.41, 5.74) is 4.93. The molecule has 112 valence electrons. The highest BCUT2D eigenvalue weighted by Gasteiger charge is 2.22. The van der Waals surface area contributed by atoms with Crippen LogP contribution in [0.15, 0.2) is 18.2 Å². The lowest BCUT2D eigenvalue weighted by atomic mass is 10.1. The van der Waals surface area contributed by atoms with Gasteiger partial charge in [0.25, 0.3) is 0 Å². The van der Waals surface area contributed by atoms with E-state index < -0.39 is 0 Å². The second kappa shape index (κ2) is 5.21. The molecule has 5 heteroatoms. The Kier molecular flexibility index (Phi) is 3.31. The minimum Gasteiger partial charge on any atom is -0.339 e. The Bertz CT molecular complexity index is 885. The van der Waals surface area contributed by atoms with Gasteiger partial charge < -0.3 is 5.32 Å². The summed E-state index contributed by atoms with van der Waals surface area (Å²) in [6.07, 6.45) is 3.49. The third-order valence-electron chi connectivity index (χ3n) is 4.17. The number of nitrogens with one attached hydrogen (secondary N) is 1. The van der Waals surface area contributed by atoms with E-state index in [2.05, 4.69) is 47.3 Å². The molecule has 22 heavy (non-hydrogen) atoms. The van der Waals surface area contributed by atoms with Crippen molar-refractivity contribution in [1.82, 2.24) is 9.97 Å². The lowest BCUT2D eigenvalue weighted by Crippen LogP contribution is -1.99. The normalized spacial score (nSPS) is 13.6. The monoisotopic (exact) mass is 329 g/mol. The third-order valence-corrected chi connectivity index (χ3v) is 5.53. The quantitative estimate of drug-likeness (QED) is 0.657. The van der Waals surface area contributed by atoms with E-state index in [4.69, 9.17) is 11.6 Å². The fraction of sp³-hybridized carbons (Fsp3) is 0.294. The molecule has 0 radical (unpaired) electrons. The number of fused-ring (bicyclic) bond motifs is 3. The summed E-state index contributed by atoms with van der Waals surface area (Å²) in [6, 6.07) is 6.37. The largest absolute Gasteiger partial charge is 0.339 e. The van der Waals surface area contributed by atoms with Crippen LogP contribution in [0.5, 0.6) is 0 Å². The second-order valence-corrected chi connectivity index (χ2v) is 7.24. The van der Waals surface area contributed by atoms with Gasteiger partial charge in [-0.25, -0.2) is 4.98 Å². The maximum atomic E-state index is 6.12. The number of nitrogens with zero attached hydrogens (tertiary/aromatic N) is 2. The number of hydrogen-bond acceptors (Lipinski definition) is 4. The van der Waals surface area contributed by atoms with Gasteiger partial charge in [0.05, 0.1) is 5.39 Å². The first-order valence-corrected chi connectivity index (χ1v) is 8.63. The van der Waals surface area contributed by atoms with Crippen molar-refractivity contribution in [3.05, 3.63) is 45.1 Å². The van der Waals surface area contributed by atoms with Gasteiger partial charge in [-0.3, -0.25) is 0 Å². The third kappa shape index (κ3) is 2.27. The van der Waals surface area contributed by atoms with E-state index >= 15 is 0 Å². The van der Waals surface area contributed by atoms with E-state index in [0.29, 0.717) is 5.28 Å². The van der Waals surface area contributed by atoms with Crippen LogP contribution in [0.25, 0.3) is 10.2 Å². The zero-order valence-corrected chi connectivity index (χ0v) is 14.1. The number of halogens is 1. The molecule has 1 aliphatic carbocycles. The van der Waals surface area contributed by atoms with Crippen LogP contribution in [-0.4, -0.2) is 9.97 Å². The highest BCUT2D eigenvalue weighted by atomic mass is 35.5. The molecule has 0 amide bonds. The zero-order valence-electron chi connectivity index (χ0n) is 12.5. The van der Waals surface area contributed by atoms with Crippen molar-refractivity contribution in [2.75, 3.05) is 5.32 Å². The van der Waals surface area contributed by atoms with Gasteiger partial charge >= 0.3 is 0 Å². The van der Waals surface area contributed by atoms with Gasteiger partial charge in [-0.2, -0.15) is 4.98 Å². The molecule has 1 N–H and O–H groups in total. The molecule has 0 unspecified atom stereocenters. The average Bonchev–Trinajstić information content (AvgIpc) is 3.01. The molecule has 4 rings (SSSR count). The molecule has 0 spiro atoms. The van der Waals surface area contributed by atoms with Crippen LogP contribution in [0, 0.1) is 13.8 Å². The Morgan fingerprint density at radius 1 is 1.18 bits per heavy atom. The molecule has 3 nitrogen and oxygen atoms in total. The minimum atomic E-state index is 0.305. The molecular formula is C17H16ClN3S. The van der Waals surface area contributed by atoms with E-state index in [9.17, 15) is 0 Å². The molecule has 0 bridgehead atoms. The molecule has 0 fully saturated rings. The van der Waals surface area contributed by atoms with Crippen molar-refractivity contribution in [2.45, 2.75) is 33.1 Å². The van der Waals surface area contributed by atoms with Gasteiger partial charge in [0, 0.05) is 10.6 Å². The Hall–Kier alpha value is -1.65. The Morgan fingerprint density at radius 3 is 2.86 bits per heavy atom. The van der Waals surface area contributed by atoms with Crippen LogP contribution in [0.2, 0.25) is 5.28 Å². The van der Waals surface area contributed by atoms with E-state index in [1.54, 1.807) is 11.3 Å². The highest BCUT2D eigenvalue weighted by molar-refractivity contribution is 7.19. The number of rotatable bonds is 2. The smallest absolute Gasteiger partial charge is 0.225 e. The number of benzene rings is 1. The van der Waals surface area contributed by atoms with Gasteiger partial charge in [-0.1, -0.05) is 17.7 Å². The maximum Gasteiger partial charge on any atom is 0.225 e. The SMILES string of the molecule is Cc1ccc(Nc2nc(Cl)nc3sc4c(c23)CCC4)c(C)c1. The summed E-state index contributed by atoms with van der Waals surface area (Å²) in [5, 5.41) is 4.93. The first-order valence-electron chi connectivity index (χ1n) is 7.44. The fourth-order valence-electron chi connectivity index (χ4n) is 3.14. The summed E-state index contributed by atoms with van der Waals surface area (Å²) in [7, 11) is 0. The molecule has 3 aromatic rings. The Labute approximate surface area is 138 Å². The standard InChI is InChI=1S/C17H16ClN3S/c1-9-6-7-12(10(2)8-9)19-15-14-11-4-3-5-13(11)22-16(14)21-17(18)20-15/h6-8H,3-5H2,1-2H3,(H,19,20,21). The van der Waals surface area contributed by atoms with Crippen LogP contribution >= 0.6 is 22.9 Å². The zero-order chi connectivity index (χ0) is 15.3. The molecule has 0 saturated carbocycles. The first kappa shape index (κ1) is 14.0. The number of aryl methyl sites for hydroxylation is 4. The summed E-state index contributed by atoms with van der Waals surface area (Å²) in [4.78, 5) is 11.3. The molecule has 1 aliphatic rings. The van der Waals surface area contributed by atoms with Crippen molar-refractivity contribution in [3.8, 4) is 0 Å². The average molecular weight is 330 g/mol. The number of anilines is 2. The Balaban J connectivity index is 1.87. The molecule has 2 heterocycles. The number of thiophene rings is 1. The maximum absolute atomic E-state index is 6.12. The van der Waals surface area contributed by atoms with Gasteiger partial charge in [-0.15, -0.1) is 11.3 Å². The molecular weight excluding hydrogens is 314 g/mol. The number of hydrogen-bond donors (Lipinski definition) is 1. The molecule has 1 aromatic carbocycles. The van der Waals surface area contributed by atoms with Crippen LogP contribution < -0.4 is 5.32 Å². The second-order valence-electron chi connectivity index (χ2n) is 5.82. The van der Waals surface area contributed by atoms with Gasteiger partial charge in [0.1, 0.15) is 10.6 Å². The van der Waals surface area contributed by atoms with Gasteiger partial charge in [0.2, 0.25) is 5.28 Å². The first-order chi connectivity index (χ1) is 10.6. The summed E-state index contributed by atoms with van der Waals surface area (Å²) >= 11 is 7.88. The lowest BCUT2D eigenvalue weighted by molar-refractivity contribution is 0.917. The fourth-order valence-corrected chi connectivity index (χ4v) is 4.62. The van der Waals surface area contributed by atoms with Crippen molar-refractivity contribution in [1.29, 1.82) is 0 Å². The van der Waals surface area contributed by atoms with Crippen molar-refractivity contribution in [2.24, 2.45) is 0 Å². The van der Waals surface area contributed by atoms with E-state index in [1.165, 1.54) is 28.0 Å². The minimum absolute atomic E-state index is 0.305. The highest BCUT2D eigenvalue weighted by Crippen LogP contribution is 2.40. The summed E-state index contributed by atoms with van der Waals surface area (Å²) in [5.74, 6) is 0.835. The van der Waals surface area contributed by atoms with E-state index in [0.717, 1.165) is 34.6 Å². The van der Waals surface area contributed by atoms with Gasteiger partial charge in [0.15, 0.2) is 0 Å². The van der Waals surface area contributed by atoms with E-state index in [1.807, 2.05) is 0 Å². The van der Waals surface area contributed by atoms with Crippen molar-refractivity contribution in [3.63, 3.8) is 0 Å². The van der Waals surface area contributed by atoms with Crippen LogP contribution in [0.3, 0.4) is 0 Å². The molecule has 0 saturated heterocycles. The number of aromatic nitrogens is 2. The predicted octanol–water partition coefficient (Wildman–Crippen LogP) is 5.19. The molecule has 0 aliphatic heterocycles. The molecule has 2 aromatic heterocycles. The van der Waals surface area contributed by atoms with Crippen LogP contribution in [-0.2, 0) is 12.8 Å². The predicted molar refractivity (Wildman–Crippen MR) is 93.6 cm³/mol. The van der Waals surface area contributed by atoms with E-state index in [-0.39, 0.29) is 0 Å². The van der Waals surface area contributed by atoms with Gasteiger partial charge in [-0.05, 0) is 61.9 Å².